The summed E-state index contributed by atoms with van der Waals surface area (Å²) in [5.41, 5.74) is 5.51. The number of rotatable bonds is 5. The fraction of sp³-hybridized carbons (Fsp3) is 0.600. The lowest BCUT2D eigenvalue weighted by Gasteiger charge is -2.11. The fourth-order valence-electron chi connectivity index (χ4n) is 1.42. The van der Waals surface area contributed by atoms with Crippen LogP contribution in [0.5, 0.6) is 0 Å². The molecule has 1 aliphatic rings. The van der Waals surface area contributed by atoms with Crippen LogP contribution in [0.3, 0.4) is 0 Å². The van der Waals surface area contributed by atoms with Crippen molar-refractivity contribution in [1.29, 1.82) is 5.41 Å². The monoisotopic (exact) mass is 211 g/mol. The molecule has 0 aromatic rings. The molecule has 0 spiro atoms. The van der Waals surface area contributed by atoms with Gasteiger partial charge in [-0.25, -0.2) is 0 Å². The van der Waals surface area contributed by atoms with Gasteiger partial charge < -0.3 is 15.8 Å². The molecule has 0 radical (unpaired) electrons. The van der Waals surface area contributed by atoms with Gasteiger partial charge in [-0.3, -0.25) is 10.2 Å². The van der Waals surface area contributed by atoms with E-state index < -0.39 is 5.91 Å². The molecule has 0 aliphatic carbocycles. The Balaban J connectivity index is 2.31. The van der Waals surface area contributed by atoms with Crippen LogP contribution in [-0.2, 0) is 9.53 Å². The smallest absolute Gasteiger partial charge is 0.266 e. The van der Waals surface area contributed by atoms with E-state index >= 15 is 0 Å². The molecule has 1 unspecified atom stereocenters. The minimum Gasteiger partial charge on any atom is -0.386 e. The highest BCUT2D eigenvalue weighted by Crippen LogP contribution is 2.10. The Bertz CT molecular complexity index is 280. The molecule has 0 aromatic carbocycles. The highest BCUT2D eigenvalue weighted by molar-refractivity contribution is 6.41. The van der Waals surface area contributed by atoms with Gasteiger partial charge in [0.15, 0.2) is 0 Å². The van der Waals surface area contributed by atoms with Crippen LogP contribution in [0.25, 0.3) is 0 Å². The van der Waals surface area contributed by atoms with Gasteiger partial charge in [0.05, 0.1) is 6.10 Å². The van der Waals surface area contributed by atoms with Gasteiger partial charge in [0.25, 0.3) is 5.91 Å². The van der Waals surface area contributed by atoms with Crippen molar-refractivity contribution in [2.75, 3.05) is 13.2 Å². The number of allylic oxidation sites excluding steroid dienone is 1. The van der Waals surface area contributed by atoms with Crippen molar-refractivity contribution in [2.24, 2.45) is 5.73 Å². The normalized spacial score (nSPS) is 21.4. The fourth-order valence-corrected chi connectivity index (χ4v) is 1.42. The molecule has 1 amide bonds. The lowest BCUT2D eigenvalue weighted by molar-refractivity contribution is -0.111. The first-order valence-corrected chi connectivity index (χ1v) is 5.01. The van der Waals surface area contributed by atoms with E-state index in [1.807, 2.05) is 0 Å². The van der Waals surface area contributed by atoms with Crippen molar-refractivity contribution in [3.8, 4) is 0 Å². The van der Waals surface area contributed by atoms with Gasteiger partial charge in [-0.1, -0.05) is 0 Å². The van der Waals surface area contributed by atoms with E-state index in [9.17, 15) is 4.79 Å². The zero-order valence-corrected chi connectivity index (χ0v) is 8.88. The first-order chi connectivity index (χ1) is 7.09. The van der Waals surface area contributed by atoms with E-state index in [-0.39, 0.29) is 11.8 Å². The van der Waals surface area contributed by atoms with Gasteiger partial charge in [0.1, 0.15) is 5.71 Å². The largest absolute Gasteiger partial charge is 0.386 e. The van der Waals surface area contributed by atoms with Crippen molar-refractivity contribution in [3.63, 3.8) is 0 Å². The van der Waals surface area contributed by atoms with Crippen molar-refractivity contribution in [3.05, 3.63) is 11.8 Å². The molecule has 1 fully saturated rings. The molecule has 1 atom stereocenters. The van der Waals surface area contributed by atoms with Crippen LogP contribution < -0.4 is 11.1 Å². The number of primary amides is 1. The number of carbonyl (C=O) groups excluding carboxylic acids is 1. The first-order valence-electron chi connectivity index (χ1n) is 5.01. The number of hydrogen-bond donors (Lipinski definition) is 3. The third-order valence-corrected chi connectivity index (χ3v) is 2.26. The second-order valence-electron chi connectivity index (χ2n) is 3.62. The molecule has 0 aromatic heterocycles. The lowest BCUT2D eigenvalue weighted by atomic mass is 10.2. The first kappa shape index (κ1) is 11.7. The summed E-state index contributed by atoms with van der Waals surface area (Å²) < 4.78 is 5.42. The Morgan fingerprint density at radius 3 is 3.00 bits per heavy atom. The summed E-state index contributed by atoms with van der Waals surface area (Å²) in [7, 11) is 0. The maximum absolute atomic E-state index is 10.6. The third-order valence-electron chi connectivity index (χ3n) is 2.26. The lowest BCUT2D eigenvalue weighted by Crippen LogP contribution is -2.27. The van der Waals surface area contributed by atoms with Crippen LogP contribution in [-0.4, -0.2) is 30.9 Å². The molecule has 1 heterocycles. The van der Waals surface area contributed by atoms with E-state index in [4.69, 9.17) is 15.9 Å². The Morgan fingerprint density at radius 1 is 1.73 bits per heavy atom. The van der Waals surface area contributed by atoms with Crippen LogP contribution >= 0.6 is 0 Å². The van der Waals surface area contributed by atoms with Crippen LogP contribution in [0, 0.1) is 5.41 Å². The van der Waals surface area contributed by atoms with E-state index in [2.05, 4.69) is 5.32 Å². The second-order valence-corrected chi connectivity index (χ2v) is 3.62. The third kappa shape index (κ3) is 4.12. The molecule has 0 bridgehead atoms. The molecule has 5 nitrogen and oxygen atoms in total. The zero-order chi connectivity index (χ0) is 11.3. The molecular formula is C10H17N3O2. The maximum Gasteiger partial charge on any atom is 0.266 e. The van der Waals surface area contributed by atoms with Gasteiger partial charge in [-0.2, -0.15) is 0 Å². The van der Waals surface area contributed by atoms with Gasteiger partial charge in [0.2, 0.25) is 0 Å². The van der Waals surface area contributed by atoms with Crippen LogP contribution in [0.2, 0.25) is 0 Å². The minimum absolute atomic E-state index is 0.188. The number of nitrogens with two attached hydrogens (primary N) is 1. The molecule has 1 saturated heterocycles. The molecule has 84 valence electrons. The molecule has 1 rings (SSSR count). The highest BCUT2D eigenvalue weighted by Gasteiger charge is 2.14. The van der Waals surface area contributed by atoms with E-state index in [0.717, 1.165) is 25.1 Å². The molecule has 4 N–H and O–H groups in total. The topological polar surface area (TPSA) is 88.2 Å². The maximum atomic E-state index is 10.6. The van der Waals surface area contributed by atoms with Crippen molar-refractivity contribution >= 4 is 11.6 Å². The molecule has 5 heteroatoms. The van der Waals surface area contributed by atoms with E-state index in [1.54, 1.807) is 6.92 Å². The quantitative estimate of drug-likeness (QED) is 0.566. The Morgan fingerprint density at radius 2 is 2.47 bits per heavy atom. The van der Waals surface area contributed by atoms with E-state index in [0.29, 0.717) is 6.54 Å². The Hall–Kier alpha value is -1.36. The standard InChI is InChI=1S/C10H17N3O2/c1-7(5-9(11)10(12)14)13-6-8-3-2-4-15-8/h5,8,11,13H,2-4,6H2,1H3,(H2,12,14)/b7-5-,11-9?. The average molecular weight is 211 g/mol. The predicted molar refractivity (Wildman–Crippen MR) is 57.7 cm³/mol. The number of nitrogens with one attached hydrogen (secondary N) is 2. The minimum atomic E-state index is -0.715. The molecule has 15 heavy (non-hydrogen) atoms. The van der Waals surface area contributed by atoms with E-state index in [1.165, 1.54) is 6.08 Å². The SMILES string of the molecule is C/C(=C/C(=N)C(N)=O)NCC1CCCO1. The van der Waals surface area contributed by atoms with Crippen LogP contribution in [0.4, 0.5) is 0 Å². The summed E-state index contributed by atoms with van der Waals surface area (Å²) in [5.74, 6) is -0.715. The highest BCUT2D eigenvalue weighted by atomic mass is 16.5. The molecule has 1 aliphatic heterocycles. The number of hydrogen-bond acceptors (Lipinski definition) is 4. The Kier molecular flexibility index (Phi) is 4.30. The van der Waals surface area contributed by atoms with Gasteiger partial charge in [0, 0.05) is 18.8 Å². The zero-order valence-electron chi connectivity index (χ0n) is 8.88. The summed E-state index contributed by atoms with van der Waals surface area (Å²) in [5, 5.41) is 10.3. The van der Waals surface area contributed by atoms with Crippen molar-refractivity contribution < 1.29 is 9.53 Å². The van der Waals surface area contributed by atoms with Gasteiger partial charge >= 0.3 is 0 Å². The summed E-state index contributed by atoms with van der Waals surface area (Å²) in [6.45, 7) is 3.34. The van der Waals surface area contributed by atoms with Crippen molar-refractivity contribution in [2.45, 2.75) is 25.9 Å². The van der Waals surface area contributed by atoms with Crippen molar-refractivity contribution in [1.82, 2.24) is 5.32 Å². The number of ether oxygens (including phenoxy) is 1. The van der Waals surface area contributed by atoms with Gasteiger partial charge in [-0.15, -0.1) is 0 Å². The summed E-state index contributed by atoms with van der Waals surface area (Å²) in [6.07, 6.45) is 3.84. The summed E-state index contributed by atoms with van der Waals surface area (Å²) in [4.78, 5) is 10.6. The number of carbonyl (C=O) groups is 1. The molecule has 0 saturated carbocycles. The Labute approximate surface area is 89.2 Å². The van der Waals surface area contributed by atoms with Crippen LogP contribution in [0.1, 0.15) is 19.8 Å². The summed E-state index contributed by atoms with van der Waals surface area (Å²) in [6, 6.07) is 0. The summed E-state index contributed by atoms with van der Waals surface area (Å²) >= 11 is 0. The molecular weight excluding hydrogens is 194 g/mol. The predicted octanol–water partition coefficient (Wildman–Crippen LogP) is 0.164. The average Bonchev–Trinajstić information content (AvgIpc) is 2.66. The second kappa shape index (κ2) is 5.50. The van der Waals surface area contributed by atoms with Crippen LogP contribution in [0.15, 0.2) is 11.8 Å². The van der Waals surface area contributed by atoms with Gasteiger partial charge in [-0.05, 0) is 25.8 Å². The number of amides is 1.